The maximum atomic E-state index is 12.5. The number of benzene rings is 1. The van der Waals surface area contributed by atoms with Crippen molar-refractivity contribution in [3.8, 4) is 17.4 Å². The van der Waals surface area contributed by atoms with Gasteiger partial charge in [-0.25, -0.2) is 0 Å². The van der Waals surface area contributed by atoms with Crippen molar-refractivity contribution in [2.45, 2.75) is 26.3 Å². The SMILES string of the molecule is CC[C@@H](NC=O)C(=O)N(C)c1cccc(Oc2ccc(OC)c(C)c2)n1. The molecule has 2 rings (SSSR count). The van der Waals surface area contributed by atoms with Gasteiger partial charge in [0, 0.05) is 13.1 Å². The zero-order chi connectivity index (χ0) is 19.1. The molecule has 1 atom stereocenters. The number of methoxy groups -OCH3 is 1. The lowest BCUT2D eigenvalue weighted by atomic mass is 10.2. The topological polar surface area (TPSA) is 80.8 Å². The van der Waals surface area contributed by atoms with Gasteiger partial charge in [0.15, 0.2) is 0 Å². The van der Waals surface area contributed by atoms with E-state index in [-0.39, 0.29) is 5.91 Å². The summed E-state index contributed by atoms with van der Waals surface area (Å²) >= 11 is 0. The number of carbonyl (C=O) groups excluding carboxylic acids is 2. The molecule has 0 bridgehead atoms. The monoisotopic (exact) mass is 357 g/mol. The summed E-state index contributed by atoms with van der Waals surface area (Å²) in [6.45, 7) is 3.75. The van der Waals surface area contributed by atoms with Gasteiger partial charge in [-0.15, -0.1) is 0 Å². The molecule has 0 saturated carbocycles. The molecule has 1 N–H and O–H groups in total. The first-order chi connectivity index (χ1) is 12.5. The van der Waals surface area contributed by atoms with Crippen LogP contribution in [0.25, 0.3) is 0 Å². The Morgan fingerprint density at radius 3 is 2.73 bits per heavy atom. The van der Waals surface area contributed by atoms with E-state index in [1.165, 1.54) is 4.90 Å². The number of amides is 2. The van der Waals surface area contributed by atoms with E-state index < -0.39 is 6.04 Å². The molecule has 2 aromatic rings. The first-order valence-electron chi connectivity index (χ1n) is 8.27. The molecule has 26 heavy (non-hydrogen) atoms. The van der Waals surface area contributed by atoms with Crippen LogP contribution in [-0.4, -0.2) is 37.5 Å². The molecule has 7 nitrogen and oxygen atoms in total. The highest BCUT2D eigenvalue weighted by Crippen LogP contribution is 2.27. The van der Waals surface area contributed by atoms with Gasteiger partial charge in [0.25, 0.3) is 0 Å². The Balaban J connectivity index is 2.18. The number of anilines is 1. The van der Waals surface area contributed by atoms with Crippen molar-refractivity contribution in [1.82, 2.24) is 10.3 Å². The summed E-state index contributed by atoms with van der Waals surface area (Å²) < 4.78 is 11.0. The lowest BCUT2D eigenvalue weighted by molar-refractivity contribution is -0.123. The van der Waals surface area contributed by atoms with E-state index in [1.807, 2.05) is 26.0 Å². The van der Waals surface area contributed by atoms with Gasteiger partial charge in [0.1, 0.15) is 23.4 Å². The zero-order valence-corrected chi connectivity index (χ0v) is 15.4. The molecule has 0 spiro atoms. The zero-order valence-electron chi connectivity index (χ0n) is 15.4. The minimum absolute atomic E-state index is 0.246. The second kappa shape index (κ2) is 8.84. The van der Waals surface area contributed by atoms with Crippen LogP contribution in [0.3, 0.4) is 0 Å². The molecule has 1 aromatic carbocycles. The van der Waals surface area contributed by atoms with Crippen molar-refractivity contribution in [2.24, 2.45) is 0 Å². The first kappa shape index (κ1) is 19.2. The van der Waals surface area contributed by atoms with E-state index >= 15 is 0 Å². The fraction of sp³-hybridized carbons (Fsp3) is 0.316. The Kier molecular flexibility index (Phi) is 6.54. The van der Waals surface area contributed by atoms with Crippen LogP contribution in [0.4, 0.5) is 5.82 Å². The normalized spacial score (nSPS) is 11.4. The minimum atomic E-state index is -0.590. The molecule has 1 aromatic heterocycles. The van der Waals surface area contributed by atoms with Crippen LogP contribution in [0.15, 0.2) is 36.4 Å². The second-order valence-electron chi connectivity index (χ2n) is 5.71. The molecule has 0 radical (unpaired) electrons. The van der Waals surface area contributed by atoms with Crippen molar-refractivity contribution in [1.29, 1.82) is 0 Å². The number of aryl methyl sites for hydroxylation is 1. The molecule has 0 aliphatic carbocycles. The van der Waals surface area contributed by atoms with Crippen molar-refractivity contribution in [3.05, 3.63) is 42.0 Å². The van der Waals surface area contributed by atoms with Gasteiger partial charge in [-0.3, -0.25) is 14.5 Å². The lowest BCUT2D eigenvalue weighted by Gasteiger charge is -2.22. The lowest BCUT2D eigenvalue weighted by Crippen LogP contribution is -2.44. The number of carbonyl (C=O) groups is 2. The Bertz CT molecular complexity index is 779. The van der Waals surface area contributed by atoms with Gasteiger partial charge in [-0.1, -0.05) is 13.0 Å². The summed E-state index contributed by atoms with van der Waals surface area (Å²) in [4.78, 5) is 28.9. The number of nitrogens with one attached hydrogen (secondary N) is 1. The third kappa shape index (κ3) is 4.50. The van der Waals surface area contributed by atoms with Gasteiger partial charge in [-0.05, 0) is 43.2 Å². The molecule has 0 aliphatic rings. The first-order valence-corrected chi connectivity index (χ1v) is 8.27. The average molecular weight is 357 g/mol. The number of ether oxygens (including phenoxy) is 2. The van der Waals surface area contributed by atoms with Crippen molar-refractivity contribution in [3.63, 3.8) is 0 Å². The van der Waals surface area contributed by atoms with Crippen LogP contribution < -0.4 is 19.7 Å². The molecule has 1 heterocycles. The highest BCUT2D eigenvalue weighted by Gasteiger charge is 2.21. The van der Waals surface area contributed by atoms with Crippen LogP contribution in [0.5, 0.6) is 17.4 Å². The molecule has 2 amide bonds. The molecule has 7 heteroatoms. The number of aromatic nitrogens is 1. The second-order valence-corrected chi connectivity index (χ2v) is 5.71. The minimum Gasteiger partial charge on any atom is -0.496 e. The fourth-order valence-corrected chi connectivity index (χ4v) is 2.48. The van der Waals surface area contributed by atoms with Crippen LogP contribution in [0.2, 0.25) is 0 Å². The van der Waals surface area contributed by atoms with Gasteiger partial charge in [0.05, 0.1) is 7.11 Å². The van der Waals surface area contributed by atoms with Crippen LogP contribution in [-0.2, 0) is 9.59 Å². The molecule has 0 fully saturated rings. The van der Waals surface area contributed by atoms with E-state index in [1.54, 1.807) is 38.4 Å². The molecular formula is C19H23N3O4. The van der Waals surface area contributed by atoms with E-state index in [0.717, 1.165) is 11.3 Å². The number of nitrogens with zero attached hydrogens (tertiary/aromatic N) is 2. The smallest absolute Gasteiger partial charge is 0.250 e. The number of pyridine rings is 1. The quantitative estimate of drug-likeness (QED) is 0.735. The van der Waals surface area contributed by atoms with Gasteiger partial charge in [-0.2, -0.15) is 4.98 Å². The summed E-state index contributed by atoms with van der Waals surface area (Å²) in [5.41, 5.74) is 0.944. The van der Waals surface area contributed by atoms with Crippen LogP contribution in [0, 0.1) is 6.92 Å². The molecule has 0 saturated heterocycles. The largest absolute Gasteiger partial charge is 0.496 e. The summed E-state index contributed by atoms with van der Waals surface area (Å²) in [6, 6.07) is 10.0. The van der Waals surface area contributed by atoms with Crippen LogP contribution >= 0.6 is 0 Å². The highest BCUT2D eigenvalue weighted by atomic mass is 16.5. The van der Waals surface area contributed by atoms with E-state index in [4.69, 9.17) is 9.47 Å². The summed E-state index contributed by atoms with van der Waals surface area (Å²) in [5, 5.41) is 2.51. The number of hydrogen-bond acceptors (Lipinski definition) is 5. The Morgan fingerprint density at radius 1 is 1.35 bits per heavy atom. The Morgan fingerprint density at radius 2 is 2.12 bits per heavy atom. The van der Waals surface area contributed by atoms with Crippen LogP contribution in [0.1, 0.15) is 18.9 Å². The third-order valence-corrected chi connectivity index (χ3v) is 3.95. The predicted molar refractivity (Wildman–Crippen MR) is 98.7 cm³/mol. The maximum Gasteiger partial charge on any atom is 0.250 e. The Hall–Kier alpha value is -3.09. The molecule has 0 unspecified atom stereocenters. The molecular weight excluding hydrogens is 334 g/mol. The number of rotatable bonds is 8. The summed E-state index contributed by atoms with van der Waals surface area (Å²) in [5.74, 6) is 1.95. The van der Waals surface area contributed by atoms with Gasteiger partial charge < -0.3 is 14.8 Å². The molecule has 138 valence electrons. The van der Waals surface area contributed by atoms with Gasteiger partial charge in [0.2, 0.25) is 18.2 Å². The van der Waals surface area contributed by atoms with E-state index in [9.17, 15) is 9.59 Å². The average Bonchev–Trinajstić information content (AvgIpc) is 2.65. The van der Waals surface area contributed by atoms with Crippen molar-refractivity contribution < 1.29 is 19.1 Å². The Labute approximate surface area is 152 Å². The standard InChI is InChI=1S/C19H23N3O4/c1-5-15(20-12-23)19(24)22(3)17-7-6-8-18(21-17)26-14-9-10-16(25-4)13(2)11-14/h6-12,15H,5H2,1-4H3,(H,20,23)/t15-/m1/s1. The summed E-state index contributed by atoms with van der Waals surface area (Å²) in [7, 11) is 3.23. The van der Waals surface area contributed by atoms with E-state index in [0.29, 0.717) is 30.3 Å². The fourth-order valence-electron chi connectivity index (χ4n) is 2.48. The van der Waals surface area contributed by atoms with E-state index in [2.05, 4.69) is 10.3 Å². The molecule has 0 aliphatic heterocycles. The maximum absolute atomic E-state index is 12.5. The van der Waals surface area contributed by atoms with Crippen molar-refractivity contribution >= 4 is 18.1 Å². The number of hydrogen-bond donors (Lipinski definition) is 1. The third-order valence-electron chi connectivity index (χ3n) is 3.95. The van der Waals surface area contributed by atoms with Crippen molar-refractivity contribution in [2.75, 3.05) is 19.1 Å². The van der Waals surface area contributed by atoms with Gasteiger partial charge >= 0.3 is 0 Å². The summed E-state index contributed by atoms with van der Waals surface area (Å²) in [6.07, 6.45) is 1.02. The highest BCUT2D eigenvalue weighted by molar-refractivity contribution is 5.96. The number of likely N-dealkylation sites (N-methyl/N-ethyl adjacent to an activating group) is 1. The predicted octanol–water partition coefficient (Wildman–Crippen LogP) is 2.68.